The summed E-state index contributed by atoms with van der Waals surface area (Å²) in [7, 11) is 0. The number of hydrogen-bond acceptors (Lipinski definition) is 3. The summed E-state index contributed by atoms with van der Waals surface area (Å²) in [5.74, 6) is 1.24. The zero-order chi connectivity index (χ0) is 10.6. The van der Waals surface area contributed by atoms with E-state index in [4.69, 9.17) is 4.42 Å². The lowest BCUT2D eigenvalue weighted by molar-refractivity contribution is 0.261. The molecule has 86 valence electrons. The molecule has 16 heavy (non-hydrogen) atoms. The molecule has 4 heterocycles. The predicted molar refractivity (Wildman–Crippen MR) is 65.7 cm³/mol. The molecule has 1 N–H and O–H groups in total. The molecule has 1 spiro atoms. The first kappa shape index (κ1) is 9.60. The molecule has 2 fully saturated rings. The molecule has 2 saturated heterocycles. The minimum absolute atomic E-state index is 0.262. The third-order valence-electron chi connectivity index (χ3n) is 4.42. The zero-order valence-electron chi connectivity index (χ0n) is 9.37. The van der Waals surface area contributed by atoms with Gasteiger partial charge in [0.05, 0.1) is 6.26 Å². The largest absolute Gasteiger partial charge is 0.469 e. The number of hydrogen-bond donors (Lipinski definition) is 1. The Hall–Kier alpha value is -0.410. The second-order valence-electron chi connectivity index (χ2n) is 5.38. The van der Waals surface area contributed by atoms with Crippen LogP contribution >= 0.6 is 11.8 Å². The quantitative estimate of drug-likeness (QED) is 0.748. The van der Waals surface area contributed by atoms with E-state index in [1.54, 1.807) is 0 Å². The van der Waals surface area contributed by atoms with E-state index in [0.717, 1.165) is 23.5 Å². The Balaban J connectivity index is 1.78. The molecule has 0 aliphatic carbocycles. The first-order valence-electron chi connectivity index (χ1n) is 6.33. The van der Waals surface area contributed by atoms with Gasteiger partial charge in [-0.1, -0.05) is 0 Å². The number of rotatable bonds is 0. The van der Waals surface area contributed by atoms with Crippen LogP contribution in [0.5, 0.6) is 0 Å². The van der Waals surface area contributed by atoms with E-state index < -0.39 is 0 Å². The van der Waals surface area contributed by atoms with Crippen molar-refractivity contribution >= 4 is 11.8 Å². The van der Waals surface area contributed by atoms with Crippen LogP contribution in [0.4, 0.5) is 0 Å². The maximum absolute atomic E-state index is 5.63. The molecule has 1 aromatic rings. The monoisotopic (exact) mass is 235 g/mol. The highest BCUT2D eigenvalue weighted by atomic mass is 32.2. The van der Waals surface area contributed by atoms with Gasteiger partial charge < -0.3 is 9.73 Å². The fourth-order valence-electron chi connectivity index (χ4n) is 3.78. The van der Waals surface area contributed by atoms with Crippen LogP contribution in [0.25, 0.3) is 0 Å². The fourth-order valence-corrected chi connectivity index (χ4v) is 5.63. The van der Waals surface area contributed by atoms with Crippen molar-refractivity contribution in [1.29, 1.82) is 0 Å². The second-order valence-corrected chi connectivity index (χ2v) is 6.99. The lowest BCUT2D eigenvalue weighted by Crippen LogP contribution is -2.50. The maximum Gasteiger partial charge on any atom is 0.110 e. The molecule has 0 saturated carbocycles. The minimum Gasteiger partial charge on any atom is -0.469 e. The van der Waals surface area contributed by atoms with Gasteiger partial charge in [0.2, 0.25) is 0 Å². The summed E-state index contributed by atoms with van der Waals surface area (Å²) in [6.45, 7) is 1.09. The van der Waals surface area contributed by atoms with Crippen LogP contribution in [0, 0.1) is 0 Å². The van der Waals surface area contributed by atoms with E-state index in [1.807, 2.05) is 6.26 Å². The number of thioether (sulfide) groups is 1. The molecule has 4 rings (SSSR count). The molecular formula is C13H17NOS. The van der Waals surface area contributed by atoms with Crippen molar-refractivity contribution in [2.24, 2.45) is 0 Å². The highest BCUT2D eigenvalue weighted by Gasteiger charge is 2.47. The van der Waals surface area contributed by atoms with Crippen molar-refractivity contribution in [3.63, 3.8) is 0 Å². The van der Waals surface area contributed by atoms with Crippen molar-refractivity contribution in [2.75, 3.05) is 6.54 Å². The summed E-state index contributed by atoms with van der Waals surface area (Å²) in [5, 5.41) is 5.57. The van der Waals surface area contributed by atoms with Crippen LogP contribution in [-0.4, -0.2) is 17.0 Å². The van der Waals surface area contributed by atoms with Crippen LogP contribution in [0.1, 0.15) is 37.0 Å². The van der Waals surface area contributed by atoms with Gasteiger partial charge in [-0.2, -0.15) is 11.8 Å². The van der Waals surface area contributed by atoms with E-state index in [1.165, 1.54) is 37.0 Å². The van der Waals surface area contributed by atoms with Gasteiger partial charge >= 0.3 is 0 Å². The zero-order valence-corrected chi connectivity index (χ0v) is 10.2. The van der Waals surface area contributed by atoms with E-state index in [9.17, 15) is 0 Å². The van der Waals surface area contributed by atoms with Crippen molar-refractivity contribution in [2.45, 2.75) is 48.1 Å². The number of fused-ring (bicyclic) bond motifs is 4. The molecule has 1 aromatic heterocycles. The van der Waals surface area contributed by atoms with Crippen LogP contribution < -0.4 is 5.32 Å². The van der Waals surface area contributed by atoms with E-state index >= 15 is 0 Å². The van der Waals surface area contributed by atoms with Gasteiger partial charge in [-0.05, 0) is 31.7 Å². The molecule has 2 bridgehead atoms. The van der Waals surface area contributed by atoms with E-state index in [2.05, 4.69) is 23.1 Å². The Morgan fingerprint density at radius 2 is 2.12 bits per heavy atom. The number of nitrogens with one attached hydrogen (secondary N) is 1. The van der Waals surface area contributed by atoms with Gasteiger partial charge in [0.15, 0.2) is 0 Å². The molecule has 2 unspecified atom stereocenters. The Morgan fingerprint density at radius 3 is 2.94 bits per heavy atom. The third kappa shape index (κ3) is 1.25. The predicted octanol–water partition coefficient (Wildman–Crippen LogP) is 2.68. The van der Waals surface area contributed by atoms with Gasteiger partial charge in [0.25, 0.3) is 0 Å². The summed E-state index contributed by atoms with van der Waals surface area (Å²) in [4.78, 5) is 0. The molecule has 2 nitrogen and oxygen atoms in total. The molecule has 3 heteroatoms. The molecule has 0 amide bonds. The van der Waals surface area contributed by atoms with Gasteiger partial charge in [-0.25, -0.2) is 0 Å². The van der Waals surface area contributed by atoms with Gasteiger partial charge in [-0.3, -0.25) is 0 Å². The summed E-state index contributed by atoms with van der Waals surface area (Å²) in [5.41, 5.74) is 1.73. The topological polar surface area (TPSA) is 25.2 Å². The van der Waals surface area contributed by atoms with Crippen molar-refractivity contribution in [3.8, 4) is 0 Å². The van der Waals surface area contributed by atoms with Gasteiger partial charge in [0.1, 0.15) is 5.76 Å². The molecule has 0 aromatic carbocycles. The lowest BCUT2D eigenvalue weighted by Gasteiger charge is -2.43. The average molecular weight is 235 g/mol. The molecule has 3 aliphatic heterocycles. The highest BCUT2D eigenvalue weighted by molar-refractivity contribution is 8.00. The van der Waals surface area contributed by atoms with Gasteiger partial charge in [0, 0.05) is 34.6 Å². The molecule has 3 aliphatic rings. The molecular weight excluding hydrogens is 218 g/mol. The standard InChI is InChI=1S/C13H17NOS/c1-2-10-8-13(7-9(1)16-10)11-4-6-15-12(11)3-5-14-13/h4,6,9-10,14H,1-3,5,7-8H2. The molecule has 2 atom stereocenters. The SMILES string of the molecule is c1cc2c(o1)CCNC21CC2CCC(C1)S2. The van der Waals surface area contributed by atoms with Crippen molar-refractivity contribution in [1.82, 2.24) is 5.32 Å². The van der Waals surface area contributed by atoms with Gasteiger partial charge in [-0.15, -0.1) is 0 Å². The smallest absolute Gasteiger partial charge is 0.110 e. The Kier molecular flexibility index (Phi) is 1.98. The second kappa shape index (κ2) is 3.30. The van der Waals surface area contributed by atoms with E-state index in [0.29, 0.717) is 0 Å². The first-order valence-corrected chi connectivity index (χ1v) is 7.27. The van der Waals surface area contributed by atoms with Crippen LogP contribution in [0.3, 0.4) is 0 Å². The lowest BCUT2D eigenvalue weighted by atomic mass is 9.79. The van der Waals surface area contributed by atoms with Crippen molar-refractivity contribution < 1.29 is 4.42 Å². The van der Waals surface area contributed by atoms with Crippen LogP contribution in [0.2, 0.25) is 0 Å². The summed E-state index contributed by atoms with van der Waals surface area (Å²) in [6, 6.07) is 2.21. The number of furan rings is 1. The fraction of sp³-hybridized carbons (Fsp3) is 0.692. The van der Waals surface area contributed by atoms with Crippen LogP contribution in [-0.2, 0) is 12.0 Å². The Labute approximate surface area is 100 Å². The van der Waals surface area contributed by atoms with Crippen molar-refractivity contribution in [3.05, 3.63) is 23.7 Å². The highest BCUT2D eigenvalue weighted by Crippen LogP contribution is 2.52. The third-order valence-corrected chi connectivity index (χ3v) is 6.00. The van der Waals surface area contributed by atoms with Crippen LogP contribution in [0.15, 0.2) is 16.7 Å². The Bertz CT molecular complexity index is 402. The summed E-state index contributed by atoms with van der Waals surface area (Å²) >= 11 is 2.23. The summed E-state index contributed by atoms with van der Waals surface area (Å²) < 4.78 is 5.63. The van der Waals surface area contributed by atoms with E-state index in [-0.39, 0.29) is 5.54 Å². The molecule has 0 radical (unpaired) electrons. The Morgan fingerprint density at radius 1 is 1.31 bits per heavy atom. The first-order chi connectivity index (χ1) is 7.86. The average Bonchev–Trinajstić information content (AvgIpc) is 2.87. The maximum atomic E-state index is 5.63. The summed E-state index contributed by atoms with van der Waals surface area (Å²) in [6.07, 6.45) is 8.40. The minimum atomic E-state index is 0.262. The normalized spacial score (nSPS) is 41.2.